The van der Waals surface area contributed by atoms with Gasteiger partial charge in [0.2, 0.25) is 5.91 Å². The summed E-state index contributed by atoms with van der Waals surface area (Å²) in [6, 6.07) is 14.4. The molecular formula is C20H17N3O4. The molecule has 7 nitrogen and oxygen atoms in total. The van der Waals surface area contributed by atoms with Gasteiger partial charge in [0.1, 0.15) is 0 Å². The first-order valence-electron chi connectivity index (χ1n) is 8.56. The Kier molecular flexibility index (Phi) is 4.33. The van der Waals surface area contributed by atoms with Gasteiger partial charge in [-0.05, 0) is 36.1 Å². The zero-order chi connectivity index (χ0) is 18.8. The van der Waals surface area contributed by atoms with E-state index in [9.17, 15) is 14.4 Å². The molecule has 0 spiro atoms. The van der Waals surface area contributed by atoms with Crippen LogP contribution in [0, 0.1) is 0 Å². The Hall–Kier alpha value is -3.61. The number of aromatic amines is 1. The van der Waals surface area contributed by atoms with Gasteiger partial charge in [-0.2, -0.15) is 0 Å². The number of amides is 2. The molecule has 2 heterocycles. The Labute approximate surface area is 154 Å². The Morgan fingerprint density at radius 2 is 1.96 bits per heavy atom. The molecule has 2 amide bonds. The van der Waals surface area contributed by atoms with E-state index in [2.05, 4.69) is 15.6 Å². The number of para-hydroxylation sites is 2. The number of aromatic nitrogens is 1. The highest BCUT2D eigenvalue weighted by molar-refractivity contribution is 6.00. The lowest BCUT2D eigenvalue weighted by Crippen LogP contribution is -2.26. The third-order valence-electron chi connectivity index (χ3n) is 4.36. The Morgan fingerprint density at radius 1 is 1.11 bits per heavy atom. The third kappa shape index (κ3) is 3.52. The monoisotopic (exact) mass is 363 g/mol. The molecule has 7 heteroatoms. The second-order valence-electron chi connectivity index (χ2n) is 6.28. The average molecular weight is 363 g/mol. The molecule has 1 aliphatic heterocycles. The van der Waals surface area contributed by atoms with Crippen LogP contribution < -0.4 is 20.9 Å². The summed E-state index contributed by atoms with van der Waals surface area (Å²) in [6.45, 7) is -0.0909. The predicted octanol–water partition coefficient (Wildman–Crippen LogP) is 2.43. The molecule has 0 saturated heterocycles. The molecule has 1 aliphatic rings. The number of hydrogen-bond donors (Lipinski definition) is 3. The summed E-state index contributed by atoms with van der Waals surface area (Å²) in [4.78, 5) is 38.7. The maximum Gasteiger partial charge on any atom is 0.262 e. The molecule has 0 atom stereocenters. The quantitative estimate of drug-likeness (QED) is 0.663. The van der Waals surface area contributed by atoms with Crippen molar-refractivity contribution in [1.82, 2.24) is 4.98 Å². The van der Waals surface area contributed by atoms with Crippen LogP contribution in [-0.2, 0) is 16.0 Å². The molecule has 2 aromatic carbocycles. The Balaban J connectivity index is 1.47. The molecule has 0 unspecified atom stereocenters. The number of hydrogen-bond acceptors (Lipinski definition) is 4. The van der Waals surface area contributed by atoms with E-state index in [0.717, 1.165) is 10.9 Å². The van der Waals surface area contributed by atoms with Crippen LogP contribution in [0.3, 0.4) is 0 Å². The molecule has 0 bridgehead atoms. The van der Waals surface area contributed by atoms with Crippen LogP contribution in [0.2, 0.25) is 0 Å². The molecule has 0 aliphatic carbocycles. The van der Waals surface area contributed by atoms with Crippen molar-refractivity contribution < 1.29 is 14.3 Å². The standard InChI is InChI=1S/C20H17N3O4/c24-17(21-15-6-3-7-16-19(15)27-11-18(25)22-16)9-8-13-10-12-4-1-2-5-14(12)23-20(13)26/h1-7,10H,8-9,11H2,(H,21,24)(H,22,25)(H,23,26). The molecule has 4 rings (SSSR count). The number of pyridine rings is 1. The van der Waals surface area contributed by atoms with Gasteiger partial charge in [-0.25, -0.2) is 0 Å². The molecule has 27 heavy (non-hydrogen) atoms. The van der Waals surface area contributed by atoms with Gasteiger partial charge in [-0.3, -0.25) is 14.4 Å². The normalized spacial score (nSPS) is 12.8. The van der Waals surface area contributed by atoms with E-state index in [-0.39, 0.29) is 30.4 Å². The molecule has 0 saturated carbocycles. The van der Waals surface area contributed by atoms with Gasteiger partial charge in [0.05, 0.1) is 11.4 Å². The highest BCUT2D eigenvalue weighted by atomic mass is 16.5. The summed E-state index contributed by atoms with van der Waals surface area (Å²) in [5, 5.41) is 6.40. The van der Waals surface area contributed by atoms with Crippen LogP contribution in [0.15, 0.2) is 53.3 Å². The van der Waals surface area contributed by atoms with Gasteiger partial charge < -0.3 is 20.4 Å². The highest BCUT2D eigenvalue weighted by Gasteiger charge is 2.20. The minimum Gasteiger partial charge on any atom is -0.479 e. The van der Waals surface area contributed by atoms with Crippen molar-refractivity contribution in [3.8, 4) is 5.75 Å². The van der Waals surface area contributed by atoms with E-state index in [1.165, 1.54) is 0 Å². The van der Waals surface area contributed by atoms with E-state index in [0.29, 0.717) is 29.1 Å². The zero-order valence-corrected chi connectivity index (χ0v) is 14.4. The van der Waals surface area contributed by atoms with Gasteiger partial charge in [0, 0.05) is 17.5 Å². The fraction of sp³-hybridized carbons (Fsp3) is 0.150. The van der Waals surface area contributed by atoms with Crippen LogP contribution in [0.5, 0.6) is 5.75 Å². The number of carbonyl (C=O) groups is 2. The first-order valence-corrected chi connectivity index (χ1v) is 8.56. The van der Waals surface area contributed by atoms with Crippen LogP contribution in [-0.4, -0.2) is 23.4 Å². The fourth-order valence-electron chi connectivity index (χ4n) is 3.05. The number of carbonyl (C=O) groups excluding carboxylic acids is 2. The smallest absolute Gasteiger partial charge is 0.262 e. The number of nitrogens with one attached hydrogen (secondary N) is 3. The molecule has 0 radical (unpaired) electrons. The lowest BCUT2D eigenvalue weighted by Gasteiger charge is -2.20. The summed E-state index contributed by atoms with van der Waals surface area (Å²) >= 11 is 0. The van der Waals surface area contributed by atoms with Crippen molar-refractivity contribution in [2.24, 2.45) is 0 Å². The first-order chi connectivity index (χ1) is 13.1. The molecule has 3 aromatic rings. The maximum absolute atomic E-state index is 12.3. The zero-order valence-electron chi connectivity index (χ0n) is 14.4. The SMILES string of the molecule is O=C(CCc1cc2ccccc2[nH]c1=O)Nc1cccc2c1OCC(=O)N2. The lowest BCUT2D eigenvalue weighted by atomic mass is 10.1. The minimum atomic E-state index is -0.239. The van der Waals surface area contributed by atoms with Crippen molar-refractivity contribution in [3.05, 3.63) is 64.4 Å². The van der Waals surface area contributed by atoms with Crippen molar-refractivity contribution >= 4 is 34.1 Å². The largest absolute Gasteiger partial charge is 0.479 e. The van der Waals surface area contributed by atoms with Gasteiger partial charge in [-0.15, -0.1) is 0 Å². The van der Waals surface area contributed by atoms with E-state index in [1.54, 1.807) is 18.2 Å². The first kappa shape index (κ1) is 16.8. The Morgan fingerprint density at radius 3 is 2.85 bits per heavy atom. The van der Waals surface area contributed by atoms with Crippen molar-refractivity contribution in [2.75, 3.05) is 17.2 Å². The van der Waals surface area contributed by atoms with Crippen molar-refractivity contribution in [2.45, 2.75) is 12.8 Å². The summed E-state index contributed by atoms with van der Waals surface area (Å²) < 4.78 is 5.42. The highest BCUT2D eigenvalue weighted by Crippen LogP contribution is 2.35. The number of fused-ring (bicyclic) bond motifs is 2. The number of ether oxygens (including phenoxy) is 1. The topological polar surface area (TPSA) is 100 Å². The van der Waals surface area contributed by atoms with Gasteiger partial charge in [0.25, 0.3) is 11.5 Å². The number of aryl methyl sites for hydroxylation is 1. The number of anilines is 2. The second kappa shape index (κ2) is 6.95. The number of H-pyrrole nitrogens is 1. The van der Waals surface area contributed by atoms with E-state index in [4.69, 9.17) is 4.74 Å². The predicted molar refractivity (Wildman–Crippen MR) is 102 cm³/mol. The fourth-order valence-corrected chi connectivity index (χ4v) is 3.05. The van der Waals surface area contributed by atoms with E-state index >= 15 is 0 Å². The van der Waals surface area contributed by atoms with E-state index < -0.39 is 0 Å². The number of benzene rings is 2. The van der Waals surface area contributed by atoms with Crippen molar-refractivity contribution in [3.63, 3.8) is 0 Å². The third-order valence-corrected chi connectivity index (χ3v) is 4.36. The summed E-state index contributed by atoms with van der Waals surface area (Å²) in [5.41, 5.74) is 2.15. The second-order valence-corrected chi connectivity index (χ2v) is 6.28. The lowest BCUT2D eigenvalue weighted by molar-refractivity contribution is -0.118. The minimum absolute atomic E-state index is 0.0909. The number of rotatable bonds is 4. The average Bonchev–Trinajstić information content (AvgIpc) is 2.66. The molecule has 3 N–H and O–H groups in total. The van der Waals surface area contributed by atoms with Crippen LogP contribution >= 0.6 is 0 Å². The molecule has 136 valence electrons. The van der Waals surface area contributed by atoms with Gasteiger partial charge in [0.15, 0.2) is 12.4 Å². The molecule has 1 aromatic heterocycles. The van der Waals surface area contributed by atoms with Crippen molar-refractivity contribution in [1.29, 1.82) is 0 Å². The van der Waals surface area contributed by atoms with Crippen LogP contribution in [0.1, 0.15) is 12.0 Å². The van der Waals surface area contributed by atoms with Gasteiger partial charge in [-0.1, -0.05) is 24.3 Å². The van der Waals surface area contributed by atoms with Gasteiger partial charge >= 0.3 is 0 Å². The molecular weight excluding hydrogens is 346 g/mol. The summed E-state index contributed by atoms with van der Waals surface area (Å²) in [7, 11) is 0. The Bertz CT molecular complexity index is 1100. The maximum atomic E-state index is 12.3. The molecule has 0 fully saturated rings. The van der Waals surface area contributed by atoms with E-state index in [1.807, 2.05) is 30.3 Å². The van der Waals surface area contributed by atoms with Crippen LogP contribution in [0.25, 0.3) is 10.9 Å². The summed E-state index contributed by atoms with van der Waals surface area (Å²) in [5.74, 6) is -0.0352. The summed E-state index contributed by atoms with van der Waals surface area (Å²) in [6.07, 6.45) is 0.468. The van der Waals surface area contributed by atoms with Crippen LogP contribution in [0.4, 0.5) is 11.4 Å².